The third-order valence-corrected chi connectivity index (χ3v) is 6.48. The Morgan fingerprint density at radius 3 is 2.50 bits per heavy atom. The molecule has 0 fully saturated rings. The summed E-state index contributed by atoms with van der Waals surface area (Å²) in [6.07, 6.45) is 2.88. The summed E-state index contributed by atoms with van der Waals surface area (Å²) in [5.41, 5.74) is 5.58. The van der Waals surface area contributed by atoms with Crippen LogP contribution < -0.4 is 9.47 Å². The summed E-state index contributed by atoms with van der Waals surface area (Å²) in [5.74, 6) is 1.36. The molecule has 1 atom stereocenters. The summed E-state index contributed by atoms with van der Waals surface area (Å²) in [5, 5.41) is 5.37. The topological polar surface area (TPSA) is 75.0 Å². The molecule has 174 valence electrons. The minimum Gasteiger partial charge on any atom is -0.493 e. The third-order valence-electron chi connectivity index (χ3n) is 6.23. The number of carbonyl (C=O) groups is 1. The van der Waals surface area contributed by atoms with Gasteiger partial charge in [0.15, 0.2) is 22.9 Å². The first-order valence-electron chi connectivity index (χ1n) is 10.9. The van der Waals surface area contributed by atoms with Crippen LogP contribution in [0.4, 0.5) is 0 Å². The zero-order chi connectivity index (χ0) is 23.8. The standard InChI is InChI=1S/C26H24ClN3O4/c1-32-14-21-25(16-6-9-23(33-2)24(12-16)34-3)26-28-20-10-17(15-4-7-18(27)8-5-15)11-22(31)19(20)13-30(26)29-21/h4-9,12-13,17H,10-11,14H2,1-3H3. The summed E-state index contributed by atoms with van der Waals surface area (Å²) >= 11 is 6.05. The van der Waals surface area contributed by atoms with E-state index in [4.69, 9.17) is 35.9 Å². The maximum Gasteiger partial charge on any atom is 0.166 e. The predicted molar refractivity (Wildman–Crippen MR) is 129 cm³/mol. The molecule has 34 heavy (non-hydrogen) atoms. The molecule has 7 nitrogen and oxygen atoms in total. The molecule has 2 heterocycles. The number of carbonyl (C=O) groups excluding carboxylic acids is 1. The summed E-state index contributed by atoms with van der Waals surface area (Å²) < 4.78 is 18.0. The van der Waals surface area contributed by atoms with Crippen LogP contribution in [0.3, 0.4) is 0 Å². The average molecular weight is 478 g/mol. The molecule has 0 radical (unpaired) electrons. The Balaban J connectivity index is 1.64. The Hall–Kier alpha value is -3.42. The maximum atomic E-state index is 13.1. The van der Waals surface area contributed by atoms with Gasteiger partial charge in [-0.05, 0) is 47.7 Å². The largest absolute Gasteiger partial charge is 0.493 e. The van der Waals surface area contributed by atoms with E-state index in [2.05, 4.69) is 0 Å². The van der Waals surface area contributed by atoms with Gasteiger partial charge in [0.2, 0.25) is 0 Å². The van der Waals surface area contributed by atoms with Crippen molar-refractivity contribution in [2.45, 2.75) is 25.4 Å². The number of hydrogen-bond donors (Lipinski definition) is 0. The van der Waals surface area contributed by atoms with Gasteiger partial charge in [-0.15, -0.1) is 0 Å². The van der Waals surface area contributed by atoms with Crippen LogP contribution in [0, 0.1) is 0 Å². The normalized spacial score (nSPS) is 15.4. The van der Waals surface area contributed by atoms with Gasteiger partial charge in [-0.2, -0.15) is 5.10 Å². The molecule has 2 aromatic carbocycles. The molecule has 8 heteroatoms. The van der Waals surface area contributed by atoms with Crippen LogP contribution in [0.5, 0.6) is 11.5 Å². The molecule has 0 saturated heterocycles. The number of Topliss-reactive ketones (excluding diaryl/α,β-unsaturated/α-hetero) is 1. The lowest BCUT2D eigenvalue weighted by atomic mass is 9.82. The Morgan fingerprint density at radius 2 is 1.79 bits per heavy atom. The van der Waals surface area contributed by atoms with E-state index in [0.717, 1.165) is 28.1 Å². The molecule has 0 amide bonds. The van der Waals surface area contributed by atoms with E-state index in [1.807, 2.05) is 42.5 Å². The first-order chi connectivity index (χ1) is 16.5. The Bertz CT molecular complexity index is 1380. The van der Waals surface area contributed by atoms with Crippen molar-refractivity contribution < 1.29 is 19.0 Å². The fraction of sp³-hybridized carbons (Fsp3) is 0.269. The van der Waals surface area contributed by atoms with Crippen molar-refractivity contribution >= 4 is 23.0 Å². The van der Waals surface area contributed by atoms with E-state index in [0.29, 0.717) is 47.2 Å². The summed E-state index contributed by atoms with van der Waals surface area (Å²) in [7, 11) is 4.83. The second kappa shape index (κ2) is 9.08. The number of rotatable bonds is 6. The van der Waals surface area contributed by atoms with Gasteiger partial charge in [0.25, 0.3) is 0 Å². The molecule has 0 spiro atoms. The minimum absolute atomic E-state index is 0.0538. The minimum atomic E-state index is 0.0538. The van der Waals surface area contributed by atoms with Crippen molar-refractivity contribution in [2.24, 2.45) is 0 Å². The number of nitrogens with zero attached hydrogens (tertiary/aromatic N) is 3. The van der Waals surface area contributed by atoms with Gasteiger partial charge in [0.1, 0.15) is 0 Å². The highest BCUT2D eigenvalue weighted by molar-refractivity contribution is 6.30. The van der Waals surface area contributed by atoms with Gasteiger partial charge in [0, 0.05) is 24.8 Å². The Labute approximate surface area is 202 Å². The van der Waals surface area contributed by atoms with E-state index >= 15 is 0 Å². The maximum absolute atomic E-state index is 13.1. The van der Waals surface area contributed by atoms with E-state index in [1.54, 1.807) is 32.0 Å². The number of fused-ring (bicyclic) bond motifs is 2. The quantitative estimate of drug-likeness (QED) is 0.383. The van der Waals surface area contributed by atoms with E-state index < -0.39 is 0 Å². The Kier molecular flexibility index (Phi) is 5.98. The van der Waals surface area contributed by atoms with Crippen LogP contribution in [0.2, 0.25) is 5.02 Å². The first-order valence-corrected chi connectivity index (χ1v) is 11.3. The summed E-state index contributed by atoms with van der Waals surface area (Å²) in [6, 6.07) is 13.4. The molecule has 1 aliphatic rings. The van der Waals surface area contributed by atoms with Gasteiger partial charge >= 0.3 is 0 Å². The summed E-state index contributed by atoms with van der Waals surface area (Å²) in [4.78, 5) is 18.0. The molecular formula is C26H24ClN3O4. The van der Waals surface area contributed by atoms with Gasteiger partial charge < -0.3 is 14.2 Å². The fourth-order valence-electron chi connectivity index (χ4n) is 4.58. The molecule has 0 saturated carbocycles. The number of ether oxygens (including phenoxy) is 3. The number of aromatic nitrogens is 3. The third kappa shape index (κ3) is 3.91. The summed E-state index contributed by atoms with van der Waals surface area (Å²) in [6.45, 7) is 0.305. The van der Waals surface area contributed by atoms with Crippen LogP contribution in [0.15, 0.2) is 48.7 Å². The zero-order valence-corrected chi connectivity index (χ0v) is 19.9. The van der Waals surface area contributed by atoms with Crippen molar-refractivity contribution in [2.75, 3.05) is 21.3 Å². The molecule has 0 aliphatic heterocycles. The number of methoxy groups -OCH3 is 3. The predicted octanol–water partition coefficient (Wildman–Crippen LogP) is 5.13. The second-order valence-electron chi connectivity index (χ2n) is 8.27. The Morgan fingerprint density at radius 1 is 1.03 bits per heavy atom. The van der Waals surface area contributed by atoms with E-state index in [-0.39, 0.29) is 11.7 Å². The molecule has 4 aromatic rings. The average Bonchev–Trinajstić information content (AvgIpc) is 3.20. The highest BCUT2D eigenvalue weighted by atomic mass is 35.5. The lowest BCUT2D eigenvalue weighted by Gasteiger charge is -2.23. The van der Waals surface area contributed by atoms with E-state index in [1.165, 1.54) is 0 Å². The monoisotopic (exact) mass is 477 g/mol. The van der Waals surface area contributed by atoms with Crippen molar-refractivity contribution in [1.29, 1.82) is 0 Å². The second-order valence-corrected chi connectivity index (χ2v) is 8.71. The van der Waals surface area contributed by atoms with Gasteiger partial charge in [-0.1, -0.05) is 29.8 Å². The highest BCUT2D eigenvalue weighted by Crippen LogP contribution is 2.37. The van der Waals surface area contributed by atoms with Crippen LogP contribution in [-0.4, -0.2) is 41.7 Å². The zero-order valence-electron chi connectivity index (χ0n) is 19.2. The first kappa shape index (κ1) is 22.4. The highest BCUT2D eigenvalue weighted by Gasteiger charge is 2.29. The van der Waals surface area contributed by atoms with Gasteiger partial charge in [-0.3, -0.25) is 4.79 Å². The SMILES string of the molecule is COCc1nn2cc3c(nc2c1-c1ccc(OC)c(OC)c1)CC(c1ccc(Cl)cc1)CC3=O. The molecule has 1 unspecified atom stereocenters. The molecule has 0 bridgehead atoms. The van der Waals surface area contributed by atoms with Crippen molar-refractivity contribution in [3.63, 3.8) is 0 Å². The molecule has 1 aliphatic carbocycles. The number of benzene rings is 2. The van der Waals surface area contributed by atoms with Gasteiger partial charge in [0.05, 0.1) is 43.3 Å². The smallest absolute Gasteiger partial charge is 0.166 e. The number of hydrogen-bond acceptors (Lipinski definition) is 6. The van der Waals surface area contributed by atoms with Gasteiger partial charge in [-0.25, -0.2) is 9.50 Å². The lowest BCUT2D eigenvalue weighted by Crippen LogP contribution is -2.21. The molecule has 5 rings (SSSR count). The molecular weight excluding hydrogens is 454 g/mol. The van der Waals surface area contributed by atoms with Crippen LogP contribution >= 0.6 is 11.6 Å². The molecule has 0 N–H and O–H groups in total. The number of halogens is 1. The fourth-order valence-corrected chi connectivity index (χ4v) is 4.70. The van der Waals surface area contributed by atoms with E-state index in [9.17, 15) is 4.79 Å². The van der Waals surface area contributed by atoms with Crippen LogP contribution in [0.25, 0.3) is 16.8 Å². The number of ketones is 1. The van der Waals surface area contributed by atoms with Crippen LogP contribution in [0.1, 0.15) is 39.6 Å². The van der Waals surface area contributed by atoms with Crippen molar-refractivity contribution in [3.05, 3.63) is 76.2 Å². The van der Waals surface area contributed by atoms with Crippen molar-refractivity contribution in [3.8, 4) is 22.6 Å². The van der Waals surface area contributed by atoms with Crippen LogP contribution in [-0.2, 0) is 17.8 Å². The van der Waals surface area contributed by atoms with Crippen molar-refractivity contribution in [1.82, 2.24) is 14.6 Å². The molecule has 2 aromatic heterocycles. The lowest BCUT2D eigenvalue weighted by molar-refractivity contribution is 0.0962.